The van der Waals surface area contributed by atoms with Crippen molar-refractivity contribution < 1.29 is 0 Å². The molecule has 0 aromatic heterocycles. The zero-order valence-corrected chi connectivity index (χ0v) is 15.4. The minimum Gasteiger partial charge on any atom is -0.376 e. The number of anilines is 1. The van der Waals surface area contributed by atoms with Crippen molar-refractivity contribution in [3.63, 3.8) is 0 Å². The minimum absolute atomic E-state index is 0.102. The fourth-order valence-corrected chi connectivity index (χ4v) is 2.91. The molecule has 0 saturated carbocycles. The summed E-state index contributed by atoms with van der Waals surface area (Å²) in [6.07, 6.45) is 7.29. The predicted octanol–water partition coefficient (Wildman–Crippen LogP) is 3.62. The molecule has 1 aliphatic rings. The number of halogens is 1. The normalized spacial score (nSPS) is 17.3. The minimum atomic E-state index is -0.102. The Bertz CT molecular complexity index is 586. The van der Waals surface area contributed by atoms with Gasteiger partial charge in [-0.1, -0.05) is 18.0 Å². The Morgan fingerprint density at radius 1 is 1.21 bits per heavy atom. The Hall–Kier alpha value is -1.79. The summed E-state index contributed by atoms with van der Waals surface area (Å²) in [6, 6.07) is 5.73. The van der Waals surface area contributed by atoms with Crippen molar-refractivity contribution in [1.82, 2.24) is 9.80 Å². The van der Waals surface area contributed by atoms with E-state index in [1.807, 2.05) is 55.3 Å². The average molecular weight is 351 g/mol. The van der Waals surface area contributed by atoms with Gasteiger partial charge in [0.1, 0.15) is 0 Å². The van der Waals surface area contributed by atoms with E-state index in [1.54, 1.807) is 0 Å². The lowest BCUT2D eigenvalue weighted by molar-refractivity contribution is 0.175. The lowest BCUT2D eigenvalue weighted by atomic mass is 10.2. The summed E-state index contributed by atoms with van der Waals surface area (Å²) >= 11 is 6.29. The van der Waals surface area contributed by atoms with E-state index in [9.17, 15) is 0 Å². The van der Waals surface area contributed by atoms with Crippen molar-refractivity contribution in [3.05, 3.63) is 35.6 Å². The first-order valence-corrected chi connectivity index (χ1v) is 8.64. The van der Waals surface area contributed by atoms with Gasteiger partial charge < -0.3 is 20.4 Å². The van der Waals surface area contributed by atoms with Gasteiger partial charge >= 0.3 is 0 Å². The van der Waals surface area contributed by atoms with Crippen LogP contribution < -0.4 is 10.6 Å². The van der Waals surface area contributed by atoms with Crippen molar-refractivity contribution >= 4 is 23.0 Å². The molecule has 1 aliphatic heterocycles. The lowest BCUT2D eigenvalue weighted by Crippen LogP contribution is -2.35. The quantitative estimate of drug-likeness (QED) is 0.574. The monoisotopic (exact) mass is 350 g/mol. The molecule has 1 aromatic carbocycles. The highest BCUT2D eigenvalue weighted by atomic mass is 35.5. The van der Waals surface area contributed by atoms with Crippen LogP contribution in [-0.2, 0) is 0 Å². The molecule has 0 spiro atoms. The Labute approximate surface area is 149 Å². The summed E-state index contributed by atoms with van der Waals surface area (Å²) in [6.45, 7) is 1.70. The molecule has 7 heteroatoms. The zero-order chi connectivity index (χ0) is 17.5. The maximum atomic E-state index is 6.29. The molecule has 0 fully saturated rings. The van der Waals surface area contributed by atoms with Crippen LogP contribution in [0.4, 0.5) is 11.4 Å². The number of nitrogens with zero attached hydrogens (tertiary/aromatic N) is 5. The van der Waals surface area contributed by atoms with Gasteiger partial charge in [0, 0.05) is 40.1 Å². The van der Waals surface area contributed by atoms with E-state index in [-0.39, 0.29) is 6.29 Å². The van der Waals surface area contributed by atoms with Crippen molar-refractivity contribution in [1.29, 1.82) is 0 Å². The summed E-state index contributed by atoms with van der Waals surface area (Å²) < 4.78 is 0. The summed E-state index contributed by atoms with van der Waals surface area (Å²) in [5, 5.41) is 9.54. The van der Waals surface area contributed by atoms with Crippen LogP contribution in [0.25, 0.3) is 0 Å². The molecule has 0 saturated heterocycles. The summed E-state index contributed by atoms with van der Waals surface area (Å²) in [7, 11) is 5.93. The van der Waals surface area contributed by atoms with Crippen molar-refractivity contribution in [2.24, 2.45) is 16.0 Å². The van der Waals surface area contributed by atoms with Crippen LogP contribution in [0.15, 0.2) is 40.8 Å². The van der Waals surface area contributed by atoms with E-state index in [1.165, 1.54) is 0 Å². The fourth-order valence-electron chi connectivity index (χ4n) is 2.57. The number of benzene rings is 1. The highest BCUT2D eigenvalue weighted by Crippen LogP contribution is 2.29. The Balaban J connectivity index is 1.99. The highest BCUT2D eigenvalue weighted by molar-refractivity contribution is 6.33. The smallest absolute Gasteiger partial charge is 0.218 e. The van der Waals surface area contributed by atoms with Crippen molar-refractivity contribution in [2.75, 3.05) is 39.1 Å². The first-order valence-electron chi connectivity index (χ1n) is 8.26. The van der Waals surface area contributed by atoms with Gasteiger partial charge in [0.15, 0.2) is 0 Å². The van der Waals surface area contributed by atoms with Crippen LogP contribution in [0, 0.1) is 0 Å². The summed E-state index contributed by atoms with van der Waals surface area (Å²) in [5.74, 6) is 0. The van der Waals surface area contributed by atoms with Gasteiger partial charge in [-0.2, -0.15) is 5.11 Å². The van der Waals surface area contributed by atoms with Crippen LogP contribution in [0.2, 0.25) is 5.02 Å². The van der Waals surface area contributed by atoms with Gasteiger partial charge in [0.05, 0.1) is 16.4 Å². The molecule has 0 amide bonds. The van der Waals surface area contributed by atoms with Crippen LogP contribution in [0.1, 0.15) is 19.3 Å². The molecule has 6 nitrogen and oxygen atoms in total. The SMILES string of the molecule is CN(C)c1ccc(N=NC2N(C)C=CN2CCCCCN)cc1Cl. The molecule has 1 atom stereocenters. The van der Waals surface area contributed by atoms with Gasteiger partial charge in [-0.15, -0.1) is 5.11 Å². The molecule has 1 heterocycles. The third-order valence-corrected chi connectivity index (χ3v) is 4.27. The van der Waals surface area contributed by atoms with Crippen LogP contribution in [0.5, 0.6) is 0 Å². The van der Waals surface area contributed by atoms with Crippen LogP contribution >= 0.6 is 11.6 Å². The second-order valence-corrected chi connectivity index (χ2v) is 6.55. The number of unbranched alkanes of at least 4 members (excludes halogenated alkanes) is 2. The maximum Gasteiger partial charge on any atom is 0.218 e. The lowest BCUT2D eigenvalue weighted by Gasteiger charge is -2.25. The van der Waals surface area contributed by atoms with Crippen molar-refractivity contribution in [3.8, 4) is 0 Å². The molecule has 24 heavy (non-hydrogen) atoms. The predicted molar refractivity (Wildman–Crippen MR) is 101 cm³/mol. The van der Waals surface area contributed by atoms with E-state index < -0.39 is 0 Å². The number of nitrogens with two attached hydrogens (primary N) is 1. The Morgan fingerprint density at radius 2 is 2.00 bits per heavy atom. The van der Waals surface area contributed by atoms with E-state index in [4.69, 9.17) is 17.3 Å². The van der Waals surface area contributed by atoms with Crippen LogP contribution in [0.3, 0.4) is 0 Å². The van der Waals surface area contributed by atoms with Gasteiger partial charge in [-0.25, -0.2) is 0 Å². The number of hydrogen-bond donors (Lipinski definition) is 1. The van der Waals surface area contributed by atoms with E-state index in [0.717, 1.165) is 43.7 Å². The van der Waals surface area contributed by atoms with Gasteiger partial charge in [0.25, 0.3) is 0 Å². The largest absolute Gasteiger partial charge is 0.376 e. The third kappa shape index (κ3) is 4.85. The van der Waals surface area contributed by atoms with E-state index in [0.29, 0.717) is 5.02 Å². The molecule has 1 unspecified atom stereocenters. The molecule has 2 rings (SSSR count). The molecular formula is C17H27ClN6. The van der Waals surface area contributed by atoms with E-state index in [2.05, 4.69) is 21.3 Å². The molecule has 0 aliphatic carbocycles. The van der Waals surface area contributed by atoms with Gasteiger partial charge in [0.2, 0.25) is 6.29 Å². The second kappa shape index (κ2) is 8.89. The summed E-state index contributed by atoms with van der Waals surface area (Å²) in [4.78, 5) is 6.21. The second-order valence-electron chi connectivity index (χ2n) is 6.14. The maximum absolute atomic E-state index is 6.29. The molecule has 0 radical (unpaired) electrons. The first kappa shape index (κ1) is 18.5. The fraction of sp³-hybridized carbons (Fsp3) is 0.529. The number of rotatable bonds is 8. The van der Waals surface area contributed by atoms with E-state index >= 15 is 0 Å². The Kier molecular flexibility index (Phi) is 6.87. The van der Waals surface area contributed by atoms with Crippen molar-refractivity contribution in [2.45, 2.75) is 25.6 Å². The van der Waals surface area contributed by atoms with Gasteiger partial charge in [-0.05, 0) is 37.6 Å². The molecule has 2 N–H and O–H groups in total. The standard InChI is InChI=1S/C17H27ClN6/c1-22(2)16-8-7-14(13-15(16)18)20-21-17-23(3)11-12-24(17)10-6-4-5-9-19/h7-8,11-13,17H,4-6,9-10,19H2,1-3H3. The van der Waals surface area contributed by atoms with Gasteiger partial charge in [-0.3, -0.25) is 0 Å². The topological polar surface area (TPSA) is 60.5 Å². The molecular weight excluding hydrogens is 324 g/mol. The number of azo groups is 1. The molecule has 132 valence electrons. The Morgan fingerprint density at radius 3 is 2.67 bits per heavy atom. The molecule has 1 aromatic rings. The number of hydrogen-bond acceptors (Lipinski definition) is 6. The average Bonchev–Trinajstić information content (AvgIpc) is 2.89. The van der Waals surface area contributed by atoms with Crippen LogP contribution in [-0.4, -0.2) is 50.3 Å². The highest BCUT2D eigenvalue weighted by Gasteiger charge is 2.22. The zero-order valence-electron chi connectivity index (χ0n) is 14.7. The third-order valence-electron chi connectivity index (χ3n) is 3.96. The first-order chi connectivity index (χ1) is 11.5. The molecule has 0 bridgehead atoms. The summed E-state index contributed by atoms with van der Waals surface area (Å²) in [5.41, 5.74) is 7.27.